The van der Waals surface area contributed by atoms with Crippen molar-refractivity contribution in [1.82, 2.24) is 0 Å². The smallest absolute Gasteiger partial charge is 0 e. The first kappa shape index (κ1) is 741. The number of hydrogen-bond acceptors (Lipinski definition) is 0. The molecule has 7 heavy (non-hydrogen) atoms. The van der Waals surface area contributed by atoms with Crippen LogP contribution >= 0.6 is 12.4 Å². The van der Waals surface area contributed by atoms with E-state index in [0.717, 1.165) is 0 Å². The molecule has 1 radical (unpaired) electrons. The zero-order valence-corrected chi connectivity index (χ0v) is 6.93. The van der Waals surface area contributed by atoms with Crippen LogP contribution in [0.2, 0.25) is 0 Å². The molecule has 0 spiro atoms. The van der Waals surface area contributed by atoms with E-state index >= 15 is 0 Å². The van der Waals surface area contributed by atoms with Crippen LogP contribution in [-0.4, -0.2) is 0 Å². The van der Waals surface area contributed by atoms with Gasteiger partial charge in [-0.05, 0) is 0 Å². The second kappa shape index (κ2) is 466. The summed E-state index contributed by atoms with van der Waals surface area (Å²) in [6, 6.07) is 0. The predicted molar refractivity (Wildman–Crippen MR) is 19.8 cm³/mol. The minimum atomic E-state index is 0. The van der Waals surface area contributed by atoms with Gasteiger partial charge in [0.15, 0.2) is 0 Å². The minimum absolute atomic E-state index is 0. The first-order valence-corrected chi connectivity index (χ1v) is 0. The topological polar surface area (TPSA) is 0 Å². The van der Waals surface area contributed by atoms with Crippen LogP contribution in [0, 0.1) is 0 Å². The molecule has 0 aromatic carbocycles. The van der Waals surface area contributed by atoms with Crippen molar-refractivity contribution >= 4 is 12.4 Å². The fourth-order valence-corrected chi connectivity index (χ4v) is 0. The van der Waals surface area contributed by atoms with Crippen molar-refractivity contribution < 1.29 is 45.9 Å². The Morgan fingerprint density at radius 1 is 0.429 bits per heavy atom. The Morgan fingerprint density at radius 2 is 0.429 bits per heavy atom. The first-order chi connectivity index (χ1) is 0. The maximum Gasteiger partial charge on any atom is 0 e. The second-order valence-corrected chi connectivity index (χ2v) is 0. The molecule has 0 unspecified atom stereocenters. The van der Waals surface area contributed by atoms with Crippen LogP contribution in [0.1, 0.15) is 0 Å². The molecule has 0 aliphatic heterocycles. The normalized spacial score (nSPS) is 0. The third-order valence-electron chi connectivity index (χ3n) is 0. The molecule has 0 saturated heterocycles. The third-order valence-corrected chi connectivity index (χ3v) is 0. The molecular weight excluding hydrogens is 311 g/mol. The summed E-state index contributed by atoms with van der Waals surface area (Å²) in [5, 5.41) is 0. The van der Waals surface area contributed by atoms with Crippen molar-refractivity contribution in [2.24, 2.45) is 0 Å². The molecule has 53 valence electrons. The Kier molecular flexibility index (Phi) is 49300. The summed E-state index contributed by atoms with van der Waals surface area (Å²) in [5.74, 6) is 0. The zero-order chi connectivity index (χ0) is 0. The Morgan fingerprint density at radius 3 is 0.429 bits per heavy atom. The van der Waals surface area contributed by atoms with Crippen LogP contribution < -0.4 is 0 Å². The van der Waals surface area contributed by atoms with Gasteiger partial charge in [0.05, 0.1) is 0 Å². The van der Waals surface area contributed by atoms with Crippen molar-refractivity contribution in [1.29, 1.82) is 0 Å². The maximum absolute atomic E-state index is 0. The molecule has 0 aromatic heterocycles. The van der Waals surface area contributed by atoms with Gasteiger partial charge in [0.25, 0.3) is 0 Å². The van der Waals surface area contributed by atoms with E-state index in [1.54, 1.807) is 0 Å². The fraction of sp³-hybridized carbons (Fsp3) is 0. The van der Waals surface area contributed by atoms with Crippen LogP contribution in [0.4, 0.5) is 23.5 Å². The fourth-order valence-electron chi connectivity index (χ4n) is 0. The van der Waals surface area contributed by atoms with Gasteiger partial charge in [-0.15, -0.1) is 12.4 Å². The Balaban J connectivity index is 0. The van der Waals surface area contributed by atoms with E-state index in [2.05, 4.69) is 0 Å². The van der Waals surface area contributed by atoms with Crippen LogP contribution in [0.15, 0.2) is 0 Å². The standard InChI is InChI=1S/ClH.5FH.Ta/h6*1H;. The molecular formula is H6ClF5Ta. The van der Waals surface area contributed by atoms with Gasteiger partial charge in [0.1, 0.15) is 0 Å². The average Bonchev–Trinajstić information content (AvgIpc) is 0. The van der Waals surface area contributed by atoms with Gasteiger partial charge in [-0.2, -0.15) is 0 Å². The van der Waals surface area contributed by atoms with E-state index in [0.29, 0.717) is 0 Å². The number of hydrogen-bond donors (Lipinski definition) is 0. The molecule has 0 saturated carbocycles. The van der Waals surface area contributed by atoms with Crippen molar-refractivity contribution in [3.8, 4) is 0 Å². The molecule has 0 nitrogen and oxygen atoms in total. The summed E-state index contributed by atoms with van der Waals surface area (Å²) in [6.45, 7) is 0. The summed E-state index contributed by atoms with van der Waals surface area (Å²) >= 11 is 0. The van der Waals surface area contributed by atoms with E-state index < -0.39 is 0 Å². The average molecular weight is 317 g/mol. The van der Waals surface area contributed by atoms with Gasteiger partial charge in [0.2, 0.25) is 0 Å². The van der Waals surface area contributed by atoms with Crippen LogP contribution in [0.5, 0.6) is 0 Å². The number of rotatable bonds is 0. The molecule has 0 N–H and O–H groups in total. The molecule has 0 aliphatic carbocycles. The van der Waals surface area contributed by atoms with E-state index in [9.17, 15) is 0 Å². The number of halogens is 6. The van der Waals surface area contributed by atoms with Crippen molar-refractivity contribution in [2.75, 3.05) is 0 Å². The molecule has 0 fully saturated rings. The summed E-state index contributed by atoms with van der Waals surface area (Å²) in [6.07, 6.45) is 0. The molecule has 0 atom stereocenters. The molecule has 0 aliphatic rings. The quantitative estimate of drug-likeness (QED) is 0.589. The summed E-state index contributed by atoms with van der Waals surface area (Å²) in [5.41, 5.74) is 0. The Labute approximate surface area is 58.8 Å². The monoisotopic (exact) mass is 317 g/mol. The van der Waals surface area contributed by atoms with E-state index in [1.807, 2.05) is 0 Å². The van der Waals surface area contributed by atoms with Crippen molar-refractivity contribution in [2.45, 2.75) is 0 Å². The minimum Gasteiger partial charge on any atom is -0.269 e. The van der Waals surface area contributed by atoms with E-state index in [1.165, 1.54) is 0 Å². The Hall–Kier alpha value is 0.680. The third kappa shape index (κ3) is 316. The first-order valence-electron chi connectivity index (χ1n) is 0. The molecule has 0 rings (SSSR count). The SMILES string of the molecule is Cl.F.F.F.F.F.[Ta]. The van der Waals surface area contributed by atoms with E-state index in [4.69, 9.17) is 0 Å². The van der Waals surface area contributed by atoms with Gasteiger partial charge in [0, 0.05) is 22.4 Å². The van der Waals surface area contributed by atoms with Crippen LogP contribution in [0.25, 0.3) is 0 Å². The van der Waals surface area contributed by atoms with Gasteiger partial charge >= 0.3 is 0 Å². The summed E-state index contributed by atoms with van der Waals surface area (Å²) in [7, 11) is 0. The molecule has 0 amide bonds. The molecule has 0 aromatic rings. The van der Waals surface area contributed by atoms with Gasteiger partial charge in [-0.1, -0.05) is 0 Å². The maximum atomic E-state index is 0. The second-order valence-electron chi connectivity index (χ2n) is 0. The molecule has 0 heterocycles. The zero-order valence-electron chi connectivity index (χ0n) is 2.90. The van der Waals surface area contributed by atoms with Gasteiger partial charge < -0.3 is 0 Å². The van der Waals surface area contributed by atoms with Crippen LogP contribution in [0.3, 0.4) is 0 Å². The van der Waals surface area contributed by atoms with Crippen LogP contribution in [-0.2, 0) is 22.4 Å². The van der Waals surface area contributed by atoms with Gasteiger partial charge in [-0.3, -0.25) is 23.5 Å². The predicted octanol–water partition coefficient (Wildman–Crippen LogP) is 1.18. The van der Waals surface area contributed by atoms with Gasteiger partial charge in [-0.25, -0.2) is 0 Å². The van der Waals surface area contributed by atoms with Crippen molar-refractivity contribution in [3.63, 3.8) is 0 Å². The van der Waals surface area contributed by atoms with E-state index in [-0.39, 0.29) is 58.3 Å². The molecule has 0 bridgehead atoms. The molecule has 7 heteroatoms. The van der Waals surface area contributed by atoms with Crippen molar-refractivity contribution in [3.05, 3.63) is 0 Å². The summed E-state index contributed by atoms with van der Waals surface area (Å²) < 4.78 is 0. The summed E-state index contributed by atoms with van der Waals surface area (Å²) in [4.78, 5) is 0. The largest absolute Gasteiger partial charge is 0.269 e. The Bertz CT molecular complexity index is 8.04.